The second-order valence-corrected chi connectivity index (χ2v) is 13.1. The minimum absolute atomic E-state index is 0.110. The molecule has 0 aliphatic carbocycles. The molecule has 3 atom stereocenters. The zero-order valence-electron chi connectivity index (χ0n) is 26.7. The maximum absolute atomic E-state index is 13.3. The van der Waals surface area contributed by atoms with Crippen molar-refractivity contribution in [3.05, 3.63) is 113 Å². The van der Waals surface area contributed by atoms with Crippen molar-refractivity contribution in [3.63, 3.8) is 0 Å². The summed E-state index contributed by atoms with van der Waals surface area (Å²) in [6.07, 6.45) is 6.96. The van der Waals surface area contributed by atoms with Gasteiger partial charge in [0.1, 0.15) is 0 Å². The third kappa shape index (κ3) is 8.24. The third-order valence-corrected chi connectivity index (χ3v) is 9.61. The molecular formula is C36H40N4O5S. The number of nitrogens with one attached hydrogen (secondary N) is 1. The summed E-state index contributed by atoms with van der Waals surface area (Å²) < 4.78 is 15.6. The van der Waals surface area contributed by atoms with Gasteiger partial charge in [0.25, 0.3) is 11.8 Å². The monoisotopic (exact) mass is 640 g/mol. The van der Waals surface area contributed by atoms with Crippen LogP contribution in [0.25, 0.3) is 0 Å². The summed E-state index contributed by atoms with van der Waals surface area (Å²) in [6, 6.07) is 18.9. The van der Waals surface area contributed by atoms with Gasteiger partial charge in [-0.25, -0.2) is 0 Å². The lowest BCUT2D eigenvalue weighted by Gasteiger charge is -2.15. The topological polar surface area (TPSA) is 114 Å². The lowest BCUT2D eigenvalue weighted by Crippen LogP contribution is -2.28. The fraction of sp³-hybridized carbons (Fsp3) is 0.333. The van der Waals surface area contributed by atoms with E-state index in [9.17, 15) is 14.4 Å². The molecule has 1 aliphatic rings. The Labute approximate surface area is 272 Å². The van der Waals surface area contributed by atoms with Crippen molar-refractivity contribution in [2.45, 2.75) is 57.8 Å². The van der Waals surface area contributed by atoms with Gasteiger partial charge in [0.05, 0.1) is 29.4 Å². The van der Waals surface area contributed by atoms with Gasteiger partial charge in [0.15, 0.2) is 5.76 Å². The standard InChI is InChI=1S/C36H40N4O5S/c1-5-45-46(32-12-9-27(10-13-32)11-14-33(41)40-17-15-24(2)23-40)39-35(42)30-19-29(21-37-22-30)26(4)28-7-6-8-31(20-28)38-36(43)34-25(3)16-18-44-34/h6-10,12-13,16,18-22,24,26H,5,11,14-15,17,23H2,1-4H3,(H,38,43). The van der Waals surface area contributed by atoms with Crippen LogP contribution in [-0.4, -0.2) is 47.3 Å². The number of nitrogens with zero attached hydrogens (tertiary/aromatic N) is 3. The maximum atomic E-state index is 13.3. The van der Waals surface area contributed by atoms with E-state index in [1.807, 2.05) is 74.2 Å². The van der Waals surface area contributed by atoms with Crippen molar-refractivity contribution < 1.29 is 23.0 Å². The molecule has 0 bridgehead atoms. The summed E-state index contributed by atoms with van der Waals surface area (Å²) in [6.45, 7) is 9.98. The number of furan rings is 1. The minimum Gasteiger partial charge on any atom is -0.459 e. The molecule has 240 valence electrons. The smallest absolute Gasteiger partial charge is 0.291 e. The molecule has 10 heteroatoms. The van der Waals surface area contributed by atoms with E-state index in [-0.39, 0.29) is 23.5 Å². The number of pyridine rings is 1. The first-order chi connectivity index (χ1) is 22.2. The predicted octanol–water partition coefficient (Wildman–Crippen LogP) is 7.14. The number of amides is 3. The highest BCUT2D eigenvalue weighted by Gasteiger charge is 2.23. The van der Waals surface area contributed by atoms with Crippen molar-refractivity contribution in [1.29, 1.82) is 0 Å². The van der Waals surface area contributed by atoms with Crippen LogP contribution in [0.5, 0.6) is 0 Å². The zero-order valence-corrected chi connectivity index (χ0v) is 27.5. The highest BCUT2D eigenvalue weighted by atomic mass is 32.2. The van der Waals surface area contributed by atoms with Crippen molar-refractivity contribution in [2.75, 3.05) is 25.0 Å². The molecule has 3 unspecified atom stereocenters. The van der Waals surface area contributed by atoms with E-state index in [2.05, 4.69) is 21.6 Å². The first-order valence-corrected chi connectivity index (χ1v) is 16.7. The van der Waals surface area contributed by atoms with E-state index in [0.717, 1.165) is 46.7 Å². The number of carbonyl (C=O) groups excluding carboxylic acids is 3. The van der Waals surface area contributed by atoms with E-state index >= 15 is 0 Å². The summed E-state index contributed by atoms with van der Waals surface area (Å²) in [5.41, 5.74) is 4.61. The molecule has 0 saturated carbocycles. The lowest BCUT2D eigenvalue weighted by atomic mass is 9.93. The normalized spacial score (nSPS) is 15.9. The highest BCUT2D eigenvalue weighted by Crippen LogP contribution is 2.27. The van der Waals surface area contributed by atoms with Crippen molar-refractivity contribution in [1.82, 2.24) is 9.88 Å². The largest absolute Gasteiger partial charge is 0.459 e. The number of rotatable bonds is 11. The predicted molar refractivity (Wildman–Crippen MR) is 179 cm³/mol. The number of likely N-dealkylation sites (tertiary alicyclic amines) is 1. The molecule has 4 aromatic rings. The molecule has 1 N–H and O–H groups in total. The van der Waals surface area contributed by atoms with Gasteiger partial charge >= 0.3 is 0 Å². The van der Waals surface area contributed by atoms with Crippen LogP contribution in [0.3, 0.4) is 0 Å². The van der Waals surface area contributed by atoms with Gasteiger partial charge in [0, 0.05) is 54.0 Å². The fourth-order valence-electron chi connectivity index (χ4n) is 5.41. The van der Waals surface area contributed by atoms with Crippen molar-refractivity contribution in [2.24, 2.45) is 10.3 Å². The van der Waals surface area contributed by atoms with Gasteiger partial charge in [-0.2, -0.15) is 4.36 Å². The highest BCUT2D eigenvalue weighted by molar-refractivity contribution is 7.83. The SMILES string of the molecule is CCOS(=NC(=O)c1cncc(C(C)c2cccc(NC(=O)c3occc3C)c2)c1)c1ccc(CCC(=O)N2CCC(C)C2)cc1. The molecule has 1 aliphatic heterocycles. The Balaban J connectivity index is 1.26. The first kappa shape index (κ1) is 33.0. The number of anilines is 1. The van der Waals surface area contributed by atoms with E-state index < -0.39 is 16.9 Å². The van der Waals surface area contributed by atoms with E-state index in [4.69, 9.17) is 8.60 Å². The van der Waals surface area contributed by atoms with E-state index in [0.29, 0.717) is 36.6 Å². The molecule has 9 nitrogen and oxygen atoms in total. The van der Waals surface area contributed by atoms with Crippen LogP contribution in [0.2, 0.25) is 0 Å². The maximum Gasteiger partial charge on any atom is 0.291 e. The van der Waals surface area contributed by atoms with Crippen LogP contribution in [0, 0.1) is 12.8 Å². The summed E-state index contributed by atoms with van der Waals surface area (Å²) in [7, 11) is -1.10. The van der Waals surface area contributed by atoms with E-state index in [1.165, 1.54) is 12.5 Å². The molecule has 2 aromatic heterocycles. The lowest BCUT2D eigenvalue weighted by molar-refractivity contribution is -0.130. The Morgan fingerprint density at radius 1 is 1.11 bits per heavy atom. The Morgan fingerprint density at radius 3 is 2.61 bits per heavy atom. The van der Waals surface area contributed by atoms with Gasteiger partial charge in [-0.3, -0.25) is 19.4 Å². The summed E-state index contributed by atoms with van der Waals surface area (Å²) in [5.74, 6) is 0.212. The molecule has 0 radical (unpaired) electrons. The molecule has 5 rings (SSSR count). The molecular weight excluding hydrogens is 600 g/mol. The minimum atomic E-state index is -1.10. The summed E-state index contributed by atoms with van der Waals surface area (Å²) in [5, 5.41) is 2.89. The number of hydrogen-bond acceptors (Lipinski definition) is 6. The average molecular weight is 641 g/mol. The molecule has 46 heavy (non-hydrogen) atoms. The van der Waals surface area contributed by atoms with Gasteiger partial charge in [-0.15, -0.1) is 0 Å². The second-order valence-electron chi connectivity index (χ2n) is 11.7. The molecule has 1 saturated heterocycles. The number of aromatic nitrogens is 1. The van der Waals surface area contributed by atoms with Crippen LogP contribution in [0.15, 0.2) is 93.0 Å². The van der Waals surface area contributed by atoms with Gasteiger partial charge in [-0.05, 0) is 85.7 Å². The Kier molecular flexibility index (Phi) is 10.9. The Bertz CT molecular complexity index is 1730. The average Bonchev–Trinajstić information content (AvgIpc) is 3.71. The van der Waals surface area contributed by atoms with Gasteiger partial charge in [-0.1, -0.05) is 38.1 Å². The third-order valence-electron chi connectivity index (χ3n) is 8.14. The van der Waals surface area contributed by atoms with Crippen molar-refractivity contribution in [3.8, 4) is 0 Å². The number of hydrogen-bond donors (Lipinski definition) is 1. The van der Waals surface area contributed by atoms with Gasteiger partial charge in [0.2, 0.25) is 5.91 Å². The summed E-state index contributed by atoms with van der Waals surface area (Å²) >= 11 is 0. The summed E-state index contributed by atoms with van der Waals surface area (Å²) in [4.78, 5) is 45.6. The Morgan fingerprint density at radius 2 is 1.91 bits per heavy atom. The Hall–Kier alpha value is -4.41. The van der Waals surface area contributed by atoms with Gasteiger partial charge < -0.3 is 18.8 Å². The molecule has 2 aromatic carbocycles. The fourth-order valence-corrected chi connectivity index (χ4v) is 6.56. The second kappa shape index (κ2) is 15.2. The molecule has 1 fully saturated rings. The molecule has 3 amide bonds. The zero-order chi connectivity index (χ0) is 32.6. The van der Waals surface area contributed by atoms with Crippen molar-refractivity contribution >= 4 is 34.4 Å². The molecule has 3 heterocycles. The number of benzene rings is 2. The van der Waals surface area contributed by atoms with E-state index in [1.54, 1.807) is 18.3 Å². The number of aryl methyl sites for hydroxylation is 2. The van der Waals surface area contributed by atoms with Crippen LogP contribution >= 0.6 is 0 Å². The van der Waals surface area contributed by atoms with Crippen LogP contribution in [-0.2, 0) is 26.4 Å². The quantitative estimate of drug-likeness (QED) is 0.186. The number of carbonyl (C=O) groups is 3. The first-order valence-electron chi connectivity index (χ1n) is 15.6. The van der Waals surface area contributed by atoms with Crippen LogP contribution in [0.1, 0.15) is 82.7 Å². The van der Waals surface area contributed by atoms with Crippen LogP contribution in [0.4, 0.5) is 5.69 Å². The van der Waals surface area contributed by atoms with Crippen LogP contribution < -0.4 is 5.32 Å². The molecule has 0 spiro atoms.